The van der Waals surface area contributed by atoms with Crippen molar-refractivity contribution < 1.29 is 5.11 Å². The predicted molar refractivity (Wildman–Crippen MR) is 129 cm³/mol. The van der Waals surface area contributed by atoms with Crippen LogP contribution in [-0.4, -0.2) is 25.5 Å². The van der Waals surface area contributed by atoms with Crippen LogP contribution in [0.4, 0.5) is 0 Å². The number of aromatic nitrogens is 3. The van der Waals surface area contributed by atoms with E-state index in [1.807, 2.05) is 6.92 Å². The van der Waals surface area contributed by atoms with Gasteiger partial charge in [-0.1, -0.05) is 27.2 Å². The van der Waals surface area contributed by atoms with Crippen molar-refractivity contribution in [3.63, 3.8) is 0 Å². The number of rotatable bonds is 5. The molecule has 4 aliphatic rings. The molecule has 0 bridgehead atoms. The molecule has 4 nitrogen and oxygen atoms in total. The van der Waals surface area contributed by atoms with Crippen LogP contribution in [0.2, 0.25) is 0 Å². The molecule has 0 radical (unpaired) electrons. The van der Waals surface area contributed by atoms with Gasteiger partial charge in [0.15, 0.2) is 0 Å². The molecule has 4 heteroatoms. The SMILES string of the molecule is CCC[C@@]1(O)CC[C@H]2[C@@H](CC[C@@H]3[C@@H]2CC[C@]2(C)[C@@H](C(C)Cn4nc(C)nc4C)CC[C@@H]32)C1. The van der Waals surface area contributed by atoms with Crippen molar-refractivity contribution in [1.82, 2.24) is 14.8 Å². The predicted octanol–water partition coefficient (Wildman–Crippen LogP) is 6.33. The molecular formula is C28H47N3O. The Morgan fingerprint density at radius 3 is 2.53 bits per heavy atom. The Balaban J connectivity index is 1.28. The van der Waals surface area contributed by atoms with Crippen molar-refractivity contribution >= 4 is 0 Å². The fourth-order valence-corrected chi connectivity index (χ4v) is 9.76. The van der Waals surface area contributed by atoms with Gasteiger partial charge in [0.1, 0.15) is 11.6 Å². The highest BCUT2D eigenvalue weighted by Crippen LogP contribution is 2.65. The number of hydrogen-bond donors (Lipinski definition) is 1. The van der Waals surface area contributed by atoms with Crippen LogP contribution in [0.5, 0.6) is 0 Å². The van der Waals surface area contributed by atoms with E-state index >= 15 is 0 Å². The summed E-state index contributed by atoms with van der Waals surface area (Å²) in [7, 11) is 0. The van der Waals surface area contributed by atoms with Crippen LogP contribution >= 0.6 is 0 Å². The molecular weight excluding hydrogens is 394 g/mol. The Labute approximate surface area is 196 Å². The Morgan fingerprint density at radius 1 is 1.03 bits per heavy atom. The Hall–Kier alpha value is -0.900. The van der Waals surface area contributed by atoms with Crippen molar-refractivity contribution in [2.24, 2.45) is 46.8 Å². The maximum absolute atomic E-state index is 11.1. The summed E-state index contributed by atoms with van der Waals surface area (Å²) in [5.41, 5.74) is 0.159. The fourth-order valence-electron chi connectivity index (χ4n) is 9.76. The van der Waals surface area contributed by atoms with Crippen LogP contribution in [0.3, 0.4) is 0 Å². The standard InChI is InChI=1S/C28H47N3O/c1-6-13-28(32)15-12-22-21(16-28)7-8-24-23(22)11-14-27(5)25(9-10-26(24)27)18(2)17-31-20(4)29-19(3)30-31/h18,21-26,32H,6-17H2,1-5H3/t18?,21-,22-,23+,24+,25+,26-,27+,28+/m0/s1. The molecule has 0 amide bonds. The van der Waals surface area contributed by atoms with E-state index in [0.717, 1.165) is 79.4 Å². The molecule has 5 rings (SSSR count). The van der Waals surface area contributed by atoms with Crippen molar-refractivity contribution in [3.8, 4) is 0 Å². The fraction of sp³-hybridized carbons (Fsp3) is 0.929. The summed E-state index contributed by atoms with van der Waals surface area (Å²) < 4.78 is 2.16. The summed E-state index contributed by atoms with van der Waals surface area (Å²) in [6.07, 6.45) is 14.1. The third kappa shape index (κ3) is 3.77. The van der Waals surface area contributed by atoms with Crippen molar-refractivity contribution in [3.05, 3.63) is 11.6 Å². The summed E-state index contributed by atoms with van der Waals surface area (Å²) in [5, 5.41) is 15.8. The molecule has 180 valence electrons. The van der Waals surface area contributed by atoms with Gasteiger partial charge in [-0.05, 0) is 125 Å². The van der Waals surface area contributed by atoms with E-state index < -0.39 is 0 Å². The van der Waals surface area contributed by atoms with Gasteiger partial charge in [-0.15, -0.1) is 0 Å². The Morgan fingerprint density at radius 2 is 1.81 bits per heavy atom. The third-order valence-electron chi connectivity index (χ3n) is 11.0. The molecule has 1 unspecified atom stereocenters. The lowest BCUT2D eigenvalue weighted by Crippen LogP contribution is -2.51. The van der Waals surface area contributed by atoms with Gasteiger partial charge in [-0.25, -0.2) is 9.67 Å². The van der Waals surface area contributed by atoms with Gasteiger partial charge in [0.05, 0.1) is 5.60 Å². The van der Waals surface area contributed by atoms with Gasteiger partial charge in [0.25, 0.3) is 0 Å². The molecule has 0 aliphatic heterocycles. The lowest BCUT2D eigenvalue weighted by atomic mass is 9.48. The summed E-state index contributed by atoms with van der Waals surface area (Å²) in [5.74, 6) is 7.94. The molecule has 0 saturated heterocycles. The topological polar surface area (TPSA) is 50.9 Å². The molecule has 9 atom stereocenters. The zero-order chi connectivity index (χ0) is 22.7. The van der Waals surface area contributed by atoms with Crippen molar-refractivity contribution in [1.29, 1.82) is 0 Å². The summed E-state index contributed by atoms with van der Waals surface area (Å²) >= 11 is 0. The minimum atomic E-state index is -0.350. The maximum Gasteiger partial charge on any atom is 0.147 e. The first kappa shape index (κ1) is 22.9. The number of hydrogen-bond acceptors (Lipinski definition) is 3. The molecule has 4 aliphatic carbocycles. The molecule has 1 aromatic heterocycles. The number of nitrogens with zero attached hydrogens (tertiary/aromatic N) is 3. The van der Waals surface area contributed by atoms with Crippen LogP contribution in [0.1, 0.15) is 103 Å². The lowest BCUT2D eigenvalue weighted by Gasteiger charge is -2.57. The second-order valence-electron chi connectivity index (χ2n) is 12.7. The maximum atomic E-state index is 11.1. The Kier molecular flexibility index (Phi) is 6.00. The number of fused-ring (bicyclic) bond motifs is 5. The van der Waals surface area contributed by atoms with Crippen LogP contribution in [0.15, 0.2) is 0 Å². The van der Waals surface area contributed by atoms with Crippen molar-refractivity contribution in [2.75, 3.05) is 0 Å². The quantitative estimate of drug-likeness (QED) is 0.581. The molecule has 0 spiro atoms. The first-order valence-electron chi connectivity index (χ1n) is 13.8. The summed E-state index contributed by atoms with van der Waals surface area (Å²) in [6, 6.07) is 0. The summed E-state index contributed by atoms with van der Waals surface area (Å²) in [4.78, 5) is 4.54. The first-order valence-corrected chi connectivity index (χ1v) is 13.8. The second-order valence-corrected chi connectivity index (χ2v) is 12.7. The van der Waals surface area contributed by atoms with Gasteiger partial charge in [-0.3, -0.25) is 0 Å². The van der Waals surface area contributed by atoms with Crippen LogP contribution in [0, 0.1) is 60.7 Å². The van der Waals surface area contributed by atoms with E-state index in [1.165, 1.54) is 44.9 Å². The molecule has 4 fully saturated rings. The highest BCUT2D eigenvalue weighted by Gasteiger charge is 2.58. The molecule has 0 aromatic carbocycles. The van der Waals surface area contributed by atoms with Gasteiger partial charge < -0.3 is 5.11 Å². The van der Waals surface area contributed by atoms with E-state index in [9.17, 15) is 5.11 Å². The molecule has 4 saturated carbocycles. The van der Waals surface area contributed by atoms with E-state index in [-0.39, 0.29) is 5.60 Å². The van der Waals surface area contributed by atoms with Crippen LogP contribution < -0.4 is 0 Å². The van der Waals surface area contributed by atoms with Crippen LogP contribution in [0.25, 0.3) is 0 Å². The highest BCUT2D eigenvalue weighted by molar-refractivity contribution is 5.07. The van der Waals surface area contributed by atoms with E-state index in [2.05, 4.69) is 42.5 Å². The normalized spacial score (nSPS) is 44.6. The van der Waals surface area contributed by atoms with E-state index in [0.29, 0.717) is 11.3 Å². The monoisotopic (exact) mass is 441 g/mol. The number of aryl methyl sites for hydroxylation is 2. The molecule has 1 N–H and O–H groups in total. The van der Waals surface area contributed by atoms with Gasteiger partial charge in [-0.2, -0.15) is 5.10 Å². The molecule has 32 heavy (non-hydrogen) atoms. The minimum absolute atomic E-state index is 0.350. The van der Waals surface area contributed by atoms with Crippen LogP contribution in [-0.2, 0) is 6.54 Å². The van der Waals surface area contributed by atoms with Gasteiger partial charge in [0.2, 0.25) is 0 Å². The largest absolute Gasteiger partial charge is 0.390 e. The summed E-state index contributed by atoms with van der Waals surface area (Å²) in [6.45, 7) is 12.5. The molecule has 1 heterocycles. The first-order chi connectivity index (χ1) is 15.2. The minimum Gasteiger partial charge on any atom is -0.390 e. The van der Waals surface area contributed by atoms with E-state index in [4.69, 9.17) is 0 Å². The Bertz CT molecular complexity index is 820. The van der Waals surface area contributed by atoms with Gasteiger partial charge in [0, 0.05) is 6.54 Å². The average molecular weight is 442 g/mol. The average Bonchev–Trinajstić information content (AvgIpc) is 3.25. The van der Waals surface area contributed by atoms with E-state index in [1.54, 1.807) is 0 Å². The zero-order valence-electron chi connectivity index (χ0n) is 21.3. The third-order valence-corrected chi connectivity index (χ3v) is 11.0. The molecule has 1 aromatic rings. The van der Waals surface area contributed by atoms with Gasteiger partial charge >= 0.3 is 0 Å². The van der Waals surface area contributed by atoms with Crippen molar-refractivity contribution in [2.45, 2.75) is 117 Å². The number of aliphatic hydroxyl groups is 1. The second kappa shape index (κ2) is 8.40. The lowest BCUT2D eigenvalue weighted by molar-refractivity contribution is -0.110. The zero-order valence-corrected chi connectivity index (χ0v) is 21.3. The highest BCUT2D eigenvalue weighted by atomic mass is 16.3. The smallest absolute Gasteiger partial charge is 0.147 e.